The summed E-state index contributed by atoms with van der Waals surface area (Å²) in [5.41, 5.74) is 0.779. The normalized spacial score (nSPS) is 14.1. The van der Waals surface area contributed by atoms with Crippen molar-refractivity contribution >= 4 is 11.5 Å². The number of fused-ring (bicyclic) bond motifs is 1. The molecule has 1 aliphatic rings. The van der Waals surface area contributed by atoms with E-state index in [2.05, 4.69) is 4.98 Å². The molecule has 1 aromatic carbocycles. The van der Waals surface area contributed by atoms with Crippen LogP contribution >= 0.6 is 0 Å². The molecule has 8 heteroatoms. The zero-order valence-electron chi connectivity index (χ0n) is 14.2. The van der Waals surface area contributed by atoms with E-state index in [1.165, 1.54) is 16.7 Å². The molecule has 0 radical (unpaired) electrons. The lowest BCUT2D eigenvalue weighted by Gasteiger charge is -2.22. The molecular formula is C17H19FN4O3. The summed E-state index contributed by atoms with van der Waals surface area (Å²) in [5.74, 6) is 0.254. The topological polar surface area (TPSA) is 81.3 Å². The Kier molecular flexibility index (Phi) is 4.52. The number of nitro groups is 1. The van der Waals surface area contributed by atoms with Gasteiger partial charge in [-0.2, -0.15) is 0 Å². The molecule has 0 atom stereocenters. The highest BCUT2D eigenvalue weighted by Crippen LogP contribution is 2.26. The van der Waals surface area contributed by atoms with Crippen LogP contribution < -0.4 is 10.5 Å². The molecule has 2 heterocycles. The van der Waals surface area contributed by atoms with Crippen molar-refractivity contribution < 1.29 is 9.31 Å². The lowest BCUT2D eigenvalue weighted by Crippen LogP contribution is -2.33. The van der Waals surface area contributed by atoms with E-state index < -0.39 is 16.2 Å². The van der Waals surface area contributed by atoms with Crippen LogP contribution in [0.3, 0.4) is 0 Å². The molecule has 132 valence electrons. The van der Waals surface area contributed by atoms with Gasteiger partial charge in [0, 0.05) is 19.6 Å². The highest BCUT2D eigenvalue weighted by Gasteiger charge is 2.29. The largest absolute Gasteiger partial charge is 0.376 e. The van der Waals surface area contributed by atoms with Crippen molar-refractivity contribution in [2.24, 2.45) is 0 Å². The lowest BCUT2D eigenvalue weighted by atomic mass is 10.0. The first-order valence-electron chi connectivity index (χ1n) is 8.20. The number of hydrogen-bond acceptors (Lipinski definition) is 5. The van der Waals surface area contributed by atoms with E-state index in [0.717, 1.165) is 11.1 Å². The van der Waals surface area contributed by atoms with Crippen LogP contribution in [0, 0.1) is 22.9 Å². The van der Waals surface area contributed by atoms with Gasteiger partial charge in [-0.25, -0.2) is 9.37 Å². The number of nitrogens with zero attached hydrogens (tertiary/aromatic N) is 4. The summed E-state index contributed by atoms with van der Waals surface area (Å²) in [7, 11) is 0. The molecule has 0 amide bonds. The second-order valence-electron chi connectivity index (χ2n) is 6.04. The average molecular weight is 346 g/mol. The van der Waals surface area contributed by atoms with E-state index in [9.17, 15) is 19.3 Å². The first-order valence-corrected chi connectivity index (χ1v) is 8.20. The molecule has 0 N–H and O–H groups in total. The van der Waals surface area contributed by atoms with Gasteiger partial charge in [0.15, 0.2) is 0 Å². The van der Waals surface area contributed by atoms with Gasteiger partial charge in [0.1, 0.15) is 11.6 Å². The summed E-state index contributed by atoms with van der Waals surface area (Å²) in [4.78, 5) is 29.4. The Balaban J connectivity index is 2.03. The summed E-state index contributed by atoms with van der Waals surface area (Å²) >= 11 is 0. The fourth-order valence-electron chi connectivity index (χ4n) is 3.30. The molecule has 0 spiro atoms. The maximum Gasteiger partial charge on any atom is 0.376 e. The van der Waals surface area contributed by atoms with Crippen LogP contribution in [0.4, 0.5) is 15.9 Å². The van der Waals surface area contributed by atoms with Crippen molar-refractivity contribution in [1.29, 1.82) is 0 Å². The Morgan fingerprint density at radius 1 is 1.28 bits per heavy atom. The number of halogens is 1. The number of rotatable bonds is 3. The molecule has 0 saturated carbocycles. The van der Waals surface area contributed by atoms with Crippen molar-refractivity contribution in [3.63, 3.8) is 0 Å². The molecule has 0 aliphatic carbocycles. The van der Waals surface area contributed by atoms with Crippen LogP contribution in [0.5, 0.6) is 0 Å². The molecule has 0 bridgehead atoms. The van der Waals surface area contributed by atoms with Gasteiger partial charge in [-0.15, -0.1) is 0 Å². The SMILES string of the molecule is CCn1c(C)nc(N2CCc3ccc(F)cc3CC2)c([N+](=O)[O-])c1=O. The van der Waals surface area contributed by atoms with E-state index in [1.807, 2.05) is 0 Å². The van der Waals surface area contributed by atoms with Gasteiger partial charge in [-0.05, 0) is 49.9 Å². The zero-order chi connectivity index (χ0) is 18.1. The van der Waals surface area contributed by atoms with Crippen LogP contribution in [-0.4, -0.2) is 27.6 Å². The number of aryl methyl sites for hydroxylation is 1. The maximum absolute atomic E-state index is 13.4. The number of aromatic nitrogens is 2. The van der Waals surface area contributed by atoms with Crippen LogP contribution in [0.25, 0.3) is 0 Å². The molecule has 7 nitrogen and oxygen atoms in total. The molecule has 1 aliphatic heterocycles. The third kappa shape index (κ3) is 3.11. The molecule has 0 saturated heterocycles. The highest BCUT2D eigenvalue weighted by atomic mass is 19.1. The smallest absolute Gasteiger partial charge is 0.350 e. The van der Waals surface area contributed by atoms with Crippen molar-refractivity contribution in [2.75, 3.05) is 18.0 Å². The Labute approximate surface area is 143 Å². The lowest BCUT2D eigenvalue weighted by molar-refractivity contribution is -0.386. The van der Waals surface area contributed by atoms with Gasteiger partial charge in [-0.1, -0.05) is 6.07 Å². The van der Waals surface area contributed by atoms with Gasteiger partial charge in [-0.3, -0.25) is 19.5 Å². The van der Waals surface area contributed by atoms with Crippen LogP contribution in [0.1, 0.15) is 23.9 Å². The van der Waals surface area contributed by atoms with Crippen LogP contribution in [-0.2, 0) is 19.4 Å². The number of anilines is 1. The van der Waals surface area contributed by atoms with E-state index in [0.29, 0.717) is 38.3 Å². The highest BCUT2D eigenvalue weighted by molar-refractivity contribution is 5.57. The third-order valence-corrected chi connectivity index (χ3v) is 4.59. The molecule has 0 unspecified atom stereocenters. The standard InChI is InChI=1S/C17H19FN4O3/c1-3-21-11(2)19-16(15(17(21)23)22(24)25)20-8-6-12-4-5-14(18)10-13(12)7-9-20/h4-5,10H,3,6-9H2,1-2H3. The summed E-state index contributed by atoms with van der Waals surface area (Å²) < 4.78 is 14.7. The average Bonchev–Trinajstić information content (AvgIpc) is 2.76. The second kappa shape index (κ2) is 6.62. The number of benzene rings is 1. The zero-order valence-corrected chi connectivity index (χ0v) is 14.2. The fourth-order valence-corrected chi connectivity index (χ4v) is 3.30. The third-order valence-electron chi connectivity index (χ3n) is 4.59. The van der Waals surface area contributed by atoms with Crippen molar-refractivity contribution in [3.8, 4) is 0 Å². The monoisotopic (exact) mass is 346 g/mol. The van der Waals surface area contributed by atoms with Crippen LogP contribution in [0.15, 0.2) is 23.0 Å². The number of hydrogen-bond donors (Lipinski definition) is 0. The van der Waals surface area contributed by atoms with Gasteiger partial charge in [0.05, 0.1) is 4.92 Å². The second-order valence-corrected chi connectivity index (χ2v) is 6.04. The minimum atomic E-state index is -0.659. The molecule has 2 aromatic rings. The minimum Gasteiger partial charge on any atom is -0.350 e. The predicted octanol–water partition coefficient (Wildman–Crippen LogP) is 2.22. The van der Waals surface area contributed by atoms with Crippen molar-refractivity contribution in [3.05, 3.63) is 61.4 Å². The molecule has 1 aromatic heterocycles. The Morgan fingerprint density at radius 3 is 2.60 bits per heavy atom. The van der Waals surface area contributed by atoms with Crippen LogP contribution in [0.2, 0.25) is 0 Å². The van der Waals surface area contributed by atoms with Gasteiger partial charge in [0.2, 0.25) is 5.82 Å². The first kappa shape index (κ1) is 17.1. The summed E-state index contributed by atoms with van der Waals surface area (Å²) in [6, 6.07) is 4.67. The quantitative estimate of drug-likeness (QED) is 0.629. The predicted molar refractivity (Wildman–Crippen MR) is 91.6 cm³/mol. The Bertz CT molecular complexity index is 894. The van der Waals surface area contributed by atoms with Gasteiger partial charge < -0.3 is 4.90 Å². The van der Waals surface area contributed by atoms with E-state index in [4.69, 9.17) is 0 Å². The maximum atomic E-state index is 13.4. The molecule has 0 fully saturated rings. The summed E-state index contributed by atoms with van der Waals surface area (Å²) in [6.07, 6.45) is 1.16. The summed E-state index contributed by atoms with van der Waals surface area (Å²) in [5, 5.41) is 11.5. The van der Waals surface area contributed by atoms with E-state index >= 15 is 0 Å². The Morgan fingerprint density at radius 2 is 1.96 bits per heavy atom. The van der Waals surface area contributed by atoms with E-state index in [-0.39, 0.29) is 11.6 Å². The fraction of sp³-hybridized carbons (Fsp3) is 0.412. The minimum absolute atomic E-state index is 0.102. The molecule has 25 heavy (non-hydrogen) atoms. The summed E-state index contributed by atoms with van der Waals surface area (Å²) in [6.45, 7) is 4.67. The van der Waals surface area contributed by atoms with Gasteiger partial charge >= 0.3 is 11.2 Å². The van der Waals surface area contributed by atoms with Gasteiger partial charge in [0.25, 0.3) is 0 Å². The Hall–Kier alpha value is -2.77. The van der Waals surface area contributed by atoms with E-state index in [1.54, 1.807) is 24.8 Å². The molecular weight excluding hydrogens is 327 g/mol. The molecule has 3 rings (SSSR count). The van der Waals surface area contributed by atoms with Crippen molar-refractivity contribution in [2.45, 2.75) is 33.2 Å². The van der Waals surface area contributed by atoms with Crippen molar-refractivity contribution in [1.82, 2.24) is 9.55 Å². The first-order chi connectivity index (χ1) is 11.9.